The Kier molecular flexibility index (Phi) is 5.16. The van der Waals surface area contributed by atoms with Gasteiger partial charge >= 0.3 is 0 Å². The molecule has 3 rings (SSSR count). The first-order valence-corrected chi connectivity index (χ1v) is 8.70. The molecule has 1 saturated heterocycles. The number of nitrogens with zero attached hydrogens (tertiary/aromatic N) is 5. The van der Waals surface area contributed by atoms with E-state index in [4.69, 9.17) is 0 Å². The van der Waals surface area contributed by atoms with Gasteiger partial charge in [0.15, 0.2) is 0 Å². The van der Waals surface area contributed by atoms with E-state index < -0.39 is 5.54 Å². The highest BCUT2D eigenvalue weighted by Gasteiger charge is 2.35. The van der Waals surface area contributed by atoms with Crippen molar-refractivity contribution in [2.75, 3.05) is 37.6 Å². The van der Waals surface area contributed by atoms with Gasteiger partial charge in [0.1, 0.15) is 17.4 Å². The average molecular weight is 338 g/mol. The van der Waals surface area contributed by atoms with Gasteiger partial charge in [-0.05, 0) is 37.8 Å². The molecule has 130 valence electrons. The van der Waals surface area contributed by atoms with Crippen LogP contribution in [0.25, 0.3) is 0 Å². The normalized spacial score (nSPS) is 19.8. The molecular formula is C18H22N6O. The Labute approximate surface area is 147 Å². The number of carbonyl (C=O) groups is 1. The number of hydrogen-bond acceptors (Lipinski definition) is 6. The fourth-order valence-corrected chi connectivity index (χ4v) is 3.61. The molecular weight excluding hydrogens is 316 g/mol. The maximum Gasteiger partial charge on any atom is 0.235 e. The van der Waals surface area contributed by atoms with Crippen molar-refractivity contribution in [3.05, 3.63) is 23.9 Å². The number of nitrogens with one attached hydrogen (secondary N) is 1. The topological polar surface area (TPSA) is 96.1 Å². The van der Waals surface area contributed by atoms with E-state index in [1.54, 1.807) is 18.3 Å². The molecule has 0 radical (unpaired) electrons. The van der Waals surface area contributed by atoms with Crippen LogP contribution < -0.4 is 10.2 Å². The Hall–Kier alpha value is -2.64. The van der Waals surface area contributed by atoms with Gasteiger partial charge in [-0.3, -0.25) is 9.69 Å². The van der Waals surface area contributed by atoms with Crippen molar-refractivity contribution in [1.82, 2.24) is 15.2 Å². The number of piperazine rings is 1. The van der Waals surface area contributed by atoms with Gasteiger partial charge < -0.3 is 10.2 Å². The smallest absolute Gasteiger partial charge is 0.235 e. The van der Waals surface area contributed by atoms with Gasteiger partial charge in [-0.15, -0.1) is 0 Å². The Bertz CT molecular complexity index is 705. The summed E-state index contributed by atoms with van der Waals surface area (Å²) in [5, 5.41) is 21.5. The molecule has 2 aliphatic rings. The number of anilines is 1. The van der Waals surface area contributed by atoms with Crippen LogP contribution in [0.1, 0.15) is 31.2 Å². The molecule has 1 amide bonds. The Morgan fingerprint density at radius 3 is 2.60 bits per heavy atom. The molecule has 1 N–H and O–H groups in total. The number of pyridine rings is 1. The maximum atomic E-state index is 12.3. The highest BCUT2D eigenvalue weighted by Crippen LogP contribution is 2.28. The van der Waals surface area contributed by atoms with E-state index in [-0.39, 0.29) is 5.91 Å². The van der Waals surface area contributed by atoms with Crippen LogP contribution in [0.4, 0.5) is 5.82 Å². The number of aromatic nitrogens is 1. The summed E-state index contributed by atoms with van der Waals surface area (Å²) in [5.41, 5.74) is -0.0833. The molecule has 2 fully saturated rings. The molecule has 1 aromatic heterocycles. The Morgan fingerprint density at radius 1 is 1.24 bits per heavy atom. The Balaban J connectivity index is 1.52. The quantitative estimate of drug-likeness (QED) is 0.881. The maximum absolute atomic E-state index is 12.3. The molecule has 1 saturated carbocycles. The minimum Gasteiger partial charge on any atom is -0.353 e. The van der Waals surface area contributed by atoms with E-state index in [2.05, 4.69) is 32.2 Å². The third-order valence-corrected chi connectivity index (χ3v) is 5.00. The number of carbonyl (C=O) groups excluding carboxylic acids is 1. The molecule has 0 spiro atoms. The fraction of sp³-hybridized carbons (Fsp3) is 0.556. The predicted molar refractivity (Wildman–Crippen MR) is 92.6 cm³/mol. The molecule has 7 heteroatoms. The van der Waals surface area contributed by atoms with Crippen molar-refractivity contribution in [3.63, 3.8) is 0 Å². The summed E-state index contributed by atoms with van der Waals surface area (Å²) in [6, 6.07) is 7.99. The van der Waals surface area contributed by atoms with E-state index in [1.807, 2.05) is 0 Å². The van der Waals surface area contributed by atoms with E-state index in [0.717, 1.165) is 51.9 Å². The fourth-order valence-electron chi connectivity index (χ4n) is 3.61. The molecule has 0 unspecified atom stereocenters. The van der Waals surface area contributed by atoms with Crippen LogP contribution in [-0.4, -0.2) is 54.1 Å². The van der Waals surface area contributed by atoms with E-state index in [9.17, 15) is 15.3 Å². The molecule has 1 aromatic rings. The zero-order chi connectivity index (χ0) is 17.7. The number of rotatable bonds is 4. The summed E-state index contributed by atoms with van der Waals surface area (Å²) >= 11 is 0. The van der Waals surface area contributed by atoms with Crippen molar-refractivity contribution in [3.8, 4) is 12.1 Å². The molecule has 1 aliphatic heterocycles. The first-order valence-electron chi connectivity index (χ1n) is 8.70. The molecule has 0 atom stereocenters. The minimum atomic E-state index is -0.658. The summed E-state index contributed by atoms with van der Waals surface area (Å²) in [4.78, 5) is 20.8. The van der Waals surface area contributed by atoms with E-state index in [1.165, 1.54) is 0 Å². The monoisotopic (exact) mass is 338 g/mol. The summed E-state index contributed by atoms with van der Waals surface area (Å²) in [6.07, 6.45) is 5.19. The number of hydrogen-bond donors (Lipinski definition) is 1. The zero-order valence-electron chi connectivity index (χ0n) is 14.2. The predicted octanol–water partition coefficient (Wildman–Crippen LogP) is 1.03. The van der Waals surface area contributed by atoms with Crippen LogP contribution >= 0.6 is 0 Å². The third-order valence-electron chi connectivity index (χ3n) is 5.00. The van der Waals surface area contributed by atoms with E-state index >= 15 is 0 Å². The van der Waals surface area contributed by atoms with Crippen LogP contribution in [0.15, 0.2) is 18.3 Å². The average Bonchev–Trinajstić information content (AvgIpc) is 3.11. The van der Waals surface area contributed by atoms with Crippen LogP contribution in [0.5, 0.6) is 0 Å². The lowest BCUT2D eigenvalue weighted by molar-refractivity contribution is -0.123. The SMILES string of the molecule is N#Cc1cccnc1N1CCN(CC(=O)NC2(C#N)CCCC2)CC1. The molecule has 7 nitrogen and oxygen atoms in total. The molecule has 25 heavy (non-hydrogen) atoms. The van der Waals surface area contributed by atoms with Gasteiger partial charge in [-0.25, -0.2) is 4.98 Å². The first kappa shape index (κ1) is 17.2. The largest absolute Gasteiger partial charge is 0.353 e. The lowest BCUT2D eigenvalue weighted by Crippen LogP contribution is -2.53. The van der Waals surface area contributed by atoms with Crippen molar-refractivity contribution < 1.29 is 4.79 Å². The van der Waals surface area contributed by atoms with E-state index in [0.29, 0.717) is 17.9 Å². The highest BCUT2D eigenvalue weighted by atomic mass is 16.2. The van der Waals surface area contributed by atoms with Crippen molar-refractivity contribution in [2.45, 2.75) is 31.2 Å². The van der Waals surface area contributed by atoms with Gasteiger partial charge in [0, 0.05) is 32.4 Å². The third kappa shape index (κ3) is 3.89. The second-order valence-electron chi connectivity index (χ2n) is 6.70. The lowest BCUT2D eigenvalue weighted by atomic mass is 10.00. The van der Waals surface area contributed by atoms with Crippen LogP contribution in [0.3, 0.4) is 0 Å². The zero-order valence-corrected chi connectivity index (χ0v) is 14.2. The first-order chi connectivity index (χ1) is 12.2. The van der Waals surface area contributed by atoms with Gasteiger partial charge in [0.05, 0.1) is 18.2 Å². The summed E-state index contributed by atoms with van der Waals surface area (Å²) in [5.74, 6) is 0.635. The standard InChI is InChI=1S/C18H22N6O/c19-12-15-4-3-7-21-17(15)24-10-8-23(9-11-24)13-16(25)22-18(14-20)5-1-2-6-18/h3-4,7H,1-2,5-6,8-11,13H2,(H,22,25). The summed E-state index contributed by atoms with van der Waals surface area (Å²) in [6.45, 7) is 3.22. The van der Waals surface area contributed by atoms with Crippen LogP contribution in [0, 0.1) is 22.7 Å². The second kappa shape index (κ2) is 7.50. The second-order valence-corrected chi connectivity index (χ2v) is 6.70. The van der Waals surface area contributed by atoms with Gasteiger partial charge in [0.2, 0.25) is 5.91 Å². The lowest BCUT2D eigenvalue weighted by Gasteiger charge is -2.35. The number of nitriles is 2. The van der Waals surface area contributed by atoms with Crippen LogP contribution in [-0.2, 0) is 4.79 Å². The minimum absolute atomic E-state index is 0.0764. The molecule has 0 aromatic carbocycles. The molecule has 2 heterocycles. The summed E-state index contributed by atoms with van der Waals surface area (Å²) in [7, 11) is 0. The van der Waals surface area contributed by atoms with Gasteiger partial charge in [0.25, 0.3) is 0 Å². The van der Waals surface area contributed by atoms with Crippen molar-refractivity contribution in [1.29, 1.82) is 10.5 Å². The number of amides is 1. The van der Waals surface area contributed by atoms with Gasteiger partial charge in [-0.2, -0.15) is 10.5 Å². The Morgan fingerprint density at radius 2 is 1.96 bits per heavy atom. The summed E-state index contributed by atoms with van der Waals surface area (Å²) < 4.78 is 0. The molecule has 0 bridgehead atoms. The molecule has 1 aliphatic carbocycles. The van der Waals surface area contributed by atoms with Crippen molar-refractivity contribution in [2.24, 2.45) is 0 Å². The van der Waals surface area contributed by atoms with Crippen molar-refractivity contribution >= 4 is 11.7 Å². The highest BCUT2D eigenvalue weighted by molar-refractivity contribution is 5.79. The van der Waals surface area contributed by atoms with Crippen LogP contribution in [0.2, 0.25) is 0 Å². The van der Waals surface area contributed by atoms with Gasteiger partial charge in [-0.1, -0.05) is 0 Å².